The van der Waals surface area contributed by atoms with Crippen LogP contribution in [0.2, 0.25) is 0 Å². The Morgan fingerprint density at radius 1 is 1.24 bits per heavy atom. The molecule has 0 saturated carbocycles. The number of anilines is 2. The Kier molecular flexibility index (Phi) is 6.80. The molecule has 0 saturated heterocycles. The fourth-order valence-corrected chi connectivity index (χ4v) is 2.56. The third kappa shape index (κ3) is 5.67. The van der Waals surface area contributed by atoms with Crippen molar-refractivity contribution in [3.05, 3.63) is 28.1 Å². The smallest absolute Gasteiger partial charge is 0.412 e. The number of carbonyl (C=O) groups is 2. The van der Waals surface area contributed by atoms with Crippen LogP contribution in [0.1, 0.15) is 26.3 Å². The molecule has 29 heavy (non-hydrogen) atoms. The van der Waals surface area contributed by atoms with Crippen LogP contribution in [0.3, 0.4) is 0 Å². The first-order chi connectivity index (χ1) is 13.6. The molecule has 10 heteroatoms. The van der Waals surface area contributed by atoms with Crippen LogP contribution >= 0.6 is 0 Å². The molecule has 10 nitrogen and oxygen atoms in total. The quantitative estimate of drug-likeness (QED) is 0.694. The van der Waals surface area contributed by atoms with Crippen molar-refractivity contribution in [2.45, 2.75) is 39.3 Å². The lowest BCUT2D eigenvalue weighted by Gasteiger charge is -2.20. The number of nitrogens with zero attached hydrogens (tertiary/aromatic N) is 1. The number of carbonyl (C=O) groups excluding carboxylic acids is 2. The minimum absolute atomic E-state index is 0.00608. The topological polar surface area (TPSA) is 129 Å². The lowest BCUT2D eigenvalue weighted by Crippen LogP contribution is -2.35. The number of benzene rings is 1. The summed E-state index contributed by atoms with van der Waals surface area (Å²) in [6, 6.07) is 2.11. The van der Waals surface area contributed by atoms with E-state index in [-0.39, 0.29) is 18.0 Å². The van der Waals surface area contributed by atoms with Gasteiger partial charge in [0.25, 0.3) is 6.01 Å². The largest absolute Gasteiger partial charge is 0.467 e. The maximum Gasteiger partial charge on any atom is 0.412 e. The summed E-state index contributed by atoms with van der Waals surface area (Å²) in [5.74, 6) is -0.593. The maximum atomic E-state index is 12.5. The maximum absolute atomic E-state index is 12.5. The zero-order chi connectivity index (χ0) is 21.8. The fraction of sp³-hybridized carbons (Fsp3) is 0.474. The second kappa shape index (κ2) is 8.91. The van der Waals surface area contributed by atoms with Crippen LogP contribution in [0.4, 0.5) is 16.5 Å². The van der Waals surface area contributed by atoms with Gasteiger partial charge in [-0.15, -0.1) is 0 Å². The highest BCUT2D eigenvalue weighted by Crippen LogP contribution is 2.24. The predicted octanol–water partition coefficient (Wildman–Crippen LogP) is 2.44. The molecule has 0 unspecified atom stereocenters. The number of aromatic nitrogens is 1. The van der Waals surface area contributed by atoms with Gasteiger partial charge in [-0.05, 0) is 45.4 Å². The molecule has 0 aliphatic carbocycles. The number of hydrogen-bond acceptors (Lipinski definition) is 9. The second-order valence-electron chi connectivity index (χ2n) is 7.24. The van der Waals surface area contributed by atoms with Crippen LogP contribution in [-0.4, -0.2) is 49.5 Å². The van der Waals surface area contributed by atoms with E-state index in [1.807, 2.05) is 0 Å². The summed E-state index contributed by atoms with van der Waals surface area (Å²) in [5.41, 5.74) is -0.134. The summed E-state index contributed by atoms with van der Waals surface area (Å²) in [4.78, 5) is 40.6. The molecule has 0 spiro atoms. The molecule has 1 aromatic carbocycles. The Labute approximate surface area is 167 Å². The Hall–Kier alpha value is -3.14. The molecule has 1 heterocycles. The second-order valence-corrected chi connectivity index (χ2v) is 7.24. The van der Waals surface area contributed by atoms with Crippen molar-refractivity contribution in [3.63, 3.8) is 0 Å². The zero-order valence-electron chi connectivity index (χ0n) is 17.2. The number of esters is 1. The van der Waals surface area contributed by atoms with E-state index in [4.69, 9.17) is 13.9 Å². The lowest BCUT2D eigenvalue weighted by atomic mass is 10.1. The van der Waals surface area contributed by atoms with Gasteiger partial charge in [-0.1, -0.05) is 0 Å². The fourth-order valence-electron chi connectivity index (χ4n) is 2.56. The van der Waals surface area contributed by atoms with E-state index in [0.29, 0.717) is 16.8 Å². The number of aryl methyl sites for hydroxylation is 1. The molecule has 2 N–H and O–H groups in total. The Morgan fingerprint density at radius 2 is 1.93 bits per heavy atom. The molecule has 0 bridgehead atoms. The molecule has 158 valence electrons. The van der Waals surface area contributed by atoms with Crippen LogP contribution in [0.5, 0.6) is 0 Å². The minimum atomic E-state index is -0.896. The third-order valence-corrected chi connectivity index (χ3v) is 3.81. The van der Waals surface area contributed by atoms with Crippen molar-refractivity contribution in [2.24, 2.45) is 0 Å². The summed E-state index contributed by atoms with van der Waals surface area (Å²) in [7, 11) is 2.66. The molecule has 0 fully saturated rings. The normalized spacial score (nSPS) is 12.3. The average molecular weight is 407 g/mol. The van der Waals surface area contributed by atoms with Crippen molar-refractivity contribution in [1.29, 1.82) is 0 Å². The van der Waals surface area contributed by atoms with E-state index in [1.54, 1.807) is 39.8 Å². The minimum Gasteiger partial charge on any atom is -0.467 e. The summed E-state index contributed by atoms with van der Waals surface area (Å²) >= 11 is 0. The van der Waals surface area contributed by atoms with Crippen LogP contribution in [0.25, 0.3) is 10.9 Å². The van der Waals surface area contributed by atoms with Crippen LogP contribution < -0.4 is 16.3 Å². The standard InChI is InChI=1S/C19H25N3O7/c1-10-11(22-18(25)29-19(2,3)4)7-8-12-14(10)16(24)28-17(20-12)21-13(9-26-5)15(23)27-6/h7-8,13H,9H2,1-6H3,(H,20,21)(H,22,25)/t13-/m0/s1. The molecular weight excluding hydrogens is 382 g/mol. The van der Waals surface area contributed by atoms with Gasteiger partial charge in [-0.2, -0.15) is 4.98 Å². The first kappa shape index (κ1) is 22.2. The molecule has 0 aliphatic rings. The number of rotatable bonds is 6. The van der Waals surface area contributed by atoms with Crippen molar-refractivity contribution in [1.82, 2.24) is 4.98 Å². The van der Waals surface area contributed by atoms with E-state index < -0.39 is 29.3 Å². The molecular formula is C19H25N3O7. The van der Waals surface area contributed by atoms with Gasteiger partial charge in [0.15, 0.2) is 6.04 Å². The van der Waals surface area contributed by atoms with Crippen molar-refractivity contribution >= 4 is 34.7 Å². The molecule has 0 aliphatic heterocycles. The molecule has 0 radical (unpaired) electrons. The number of fused-ring (bicyclic) bond motifs is 1. The number of methoxy groups -OCH3 is 2. The highest BCUT2D eigenvalue weighted by Gasteiger charge is 2.22. The molecule has 2 rings (SSSR count). The lowest BCUT2D eigenvalue weighted by molar-refractivity contribution is -0.142. The van der Waals surface area contributed by atoms with Gasteiger partial charge in [0.2, 0.25) is 0 Å². The summed E-state index contributed by atoms with van der Waals surface area (Å²) in [6.45, 7) is 6.89. The number of amides is 1. The molecule has 1 amide bonds. The molecule has 2 aromatic rings. The highest BCUT2D eigenvalue weighted by molar-refractivity contribution is 5.93. The summed E-state index contributed by atoms with van der Waals surface area (Å²) in [6.07, 6.45) is -0.643. The van der Waals surface area contributed by atoms with E-state index in [2.05, 4.69) is 20.4 Å². The number of hydrogen-bond donors (Lipinski definition) is 2. The van der Waals surface area contributed by atoms with E-state index >= 15 is 0 Å². The van der Waals surface area contributed by atoms with Crippen molar-refractivity contribution in [2.75, 3.05) is 31.5 Å². The zero-order valence-corrected chi connectivity index (χ0v) is 17.2. The van der Waals surface area contributed by atoms with Crippen LogP contribution in [0.15, 0.2) is 21.3 Å². The van der Waals surface area contributed by atoms with Gasteiger partial charge in [0.05, 0.1) is 24.6 Å². The van der Waals surface area contributed by atoms with Gasteiger partial charge in [-0.3, -0.25) is 5.32 Å². The van der Waals surface area contributed by atoms with Crippen LogP contribution in [0, 0.1) is 6.92 Å². The predicted molar refractivity (Wildman–Crippen MR) is 106 cm³/mol. The van der Waals surface area contributed by atoms with Crippen molar-refractivity contribution < 1.29 is 28.2 Å². The van der Waals surface area contributed by atoms with Crippen LogP contribution in [-0.2, 0) is 19.0 Å². The molecule has 1 atom stereocenters. The molecule has 1 aromatic heterocycles. The van der Waals surface area contributed by atoms with Gasteiger partial charge in [-0.25, -0.2) is 14.4 Å². The summed E-state index contributed by atoms with van der Waals surface area (Å²) < 4.78 is 20.1. The summed E-state index contributed by atoms with van der Waals surface area (Å²) in [5, 5.41) is 5.50. The Bertz CT molecular complexity index is 963. The SMILES string of the molecule is COC[C@H](Nc1nc2ccc(NC(=O)OC(C)(C)C)c(C)c2c(=O)o1)C(=O)OC. The van der Waals surface area contributed by atoms with Gasteiger partial charge >= 0.3 is 17.7 Å². The van der Waals surface area contributed by atoms with E-state index in [1.165, 1.54) is 14.2 Å². The Morgan fingerprint density at radius 3 is 2.52 bits per heavy atom. The first-order valence-electron chi connectivity index (χ1n) is 8.83. The average Bonchev–Trinajstić information content (AvgIpc) is 2.61. The monoisotopic (exact) mass is 407 g/mol. The number of ether oxygens (including phenoxy) is 3. The highest BCUT2D eigenvalue weighted by atomic mass is 16.6. The van der Waals surface area contributed by atoms with E-state index in [0.717, 1.165) is 0 Å². The van der Waals surface area contributed by atoms with Gasteiger partial charge < -0.3 is 23.9 Å². The first-order valence-corrected chi connectivity index (χ1v) is 8.83. The number of nitrogens with one attached hydrogen (secondary N) is 2. The van der Waals surface area contributed by atoms with Gasteiger partial charge in [0, 0.05) is 12.8 Å². The van der Waals surface area contributed by atoms with E-state index in [9.17, 15) is 14.4 Å². The Balaban J connectivity index is 2.35. The van der Waals surface area contributed by atoms with Gasteiger partial charge in [0.1, 0.15) is 5.60 Å². The van der Waals surface area contributed by atoms with Crippen molar-refractivity contribution in [3.8, 4) is 0 Å². The third-order valence-electron chi connectivity index (χ3n) is 3.81.